The van der Waals surface area contributed by atoms with Crippen LogP contribution in [0.5, 0.6) is 11.5 Å². The van der Waals surface area contributed by atoms with Crippen molar-refractivity contribution in [2.45, 2.75) is 6.54 Å². The average molecular weight is 437 g/mol. The molecule has 164 valence electrons. The monoisotopic (exact) mass is 437 g/mol. The van der Waals surface area contributed by atoms with Crippen LogP contribution in [0.3, 0.4) is 0 Å². The molecule has 6 heteroatoms. The summed E-state index contributed by atoms with van der Waals surface area (Å²) in [6.45, 7) is 1.02. The van der Waals surface area contributed by atoms with E-state index >= 15 is 0 Å². The average Bonchev–Trinajstić information content (AvgIpc) is 3.20. The minimum Gasteiger partial charge on any atom is -0.493 e. The number of anilines is 1. The van der Waals surface area contributed by atoms with Crippen LogP contribution in [-0.2, 0) is 11.3 Å². The maximum Gasteiger partial charge on any atom is 0.266 e. The van der Waals surface area contributed by atoms with E-state index in [0.29, 0.717) is 30.3 Å². The van der Waals surface area contributed by atoms with Gasteiger partial charge >= 0.3 is 0 Å². The quantitative estimate of drug-likeness (QED) is 0.301. The highest BCUT2D eigenvalue weighted by atomic mass is 16.5. The molecule has 4 aromatic rings. The van der Waals surface area contributed by atoms with E-state index < -0.39 is 5.91 Å². The minimum atomic E-state index is -0.444. The Morgan fingerprint density at radius 3 is 2.45 bits per heavy atom. The summed E-state index contributed by atoms with van der Waals surface area (Å²) >= 11 is 0. The van der Waals surface area contributed by atoms with Crippen molar-refractivity contribution in [1.29, 1.82) is 5.26 Å². The molecule has 0 bridgehead atoms. The number of ether oxygens (including phenoxy) is 2. The first kappa shape index (κ1) is 21.7. The van der Waals surface area contributed by atoms with Gasteiger partial charge < -0.3 is 19.4 Å². The van der Waals surface area contributed by atoms with Crippen LogP contribution < -0.4 is 14.8 Å². The van der Waals surface area contributed by atoms with Gasteiger partial charge in [0.25, 0.3) is 5.91 Å². The standard InChI is InChI=1S/C27H23N3O3/c1-32-25-13-7-8-14-26(25)33-16-15-30-19-21(23-11-5-6-12-24(23)30)17-20(18-28)27(31)29-22-9-3-2-4-10-22/h2-14,17,19H,15-16H2,1H3,(H,29,31)/b20-17+. The molecule has 33 heavy (non-hydrogen) atoms. The molecule has 0 aliphatic carbocycles. The van der Waals surface area contributed by atoms with Crippen LogP contribution in [-0.4, -0.2) is 24.2 Å². The lowest BCUT2D eigenvalue weighted by Crippen LogP contribution is -2.13. The number of fused-ring (bicyclic) bond motifs is 1. The second kappa shape index (κ2) is 10.2. The van der Waals surface area contributed by atoms with Crippen LogP contribution in [0.25, 0.3) is 17.0 Å². The molecule has 1 heterocycles. The highest BCUT2D eigenvalue weighted by Gasteiger charge is 2.13. The fourth-order valence-electron chi connectivity index (χ4n) is 3.59. The van der Waals surface area contributed by atoms with E-state index in [0.717, 1.165) is 16.5 Å². The Morgan fingerprint density at radius 2 is 1.70 bits per heavy atom. The fraction of sp³-hybridized carbons (Fsp3) is 0.111. The SMILES string of the molecule is COc1ccccc1OCCn1cc(/C=C(\C#N)C(=O)Nc2ccccc2)c2ccccc21. The highest BCUT2D eigenvalue weighted by Crippen LogP contribution is 2.27. The molecule has 1 N–H and O–H groups in total. The molecule has 0 saturated carbocycles. The van der Waals surface area contributed by atoms with Crippen molar-refractivity contribution in [1.82, 2.24) is 4.57 Å². The molecule has 1 amide bonds. The molecule has 0 aliphatic rings. The van der Waals surface area contributed by atoms with Gasteiger partial charge in [0.15, 0.2) is 11.5 Å². The van der Waals surface area contributed by atoms with Crippen LogP contribution in [0, 0.1) is 11.3 Å². The third-order valence-electron chi connectivity index (χ3n) is 5.17. The normalized spacial score (nSPS) is 11.1. The molecule has 0 radical (unpaired) electrons. The minimum absolute atomic E-state index is 0.0343. The van der Waals surface area contributed by atoms with Gasteiger partial charge in [-0.3, -0.25) is 4.79 Å². The van der Waals surface area contributed by atoms with E-state index in [9.17, 15) is 10.1 Å². The summed E-state index contributed by atoms with van der Waals surface area (Å²) in [5.74, 6) is 0.919. The van der Waals surface area contributed by atoms with Gasteiger partial charge in [-0.2, -0.15) is 5.26 Å². The maximum atomic E-state index is 12.6. The summed E-state index contributed by atoms with van der Waals surface area (Å²) in [7, 11) is 1.61. The second-order valence-electron chi connectivity index (χ2n) is 7.28. The van der Waals surface area contributed by atoms with Crippen molar-refractivity contribution in [3.63, 3.8) is 0 Å². The predicted octanol–water partition coefficient (Wildman–Crippen LogP) is 5.27. The summed E-state index contributed by atoms with van der Waals surface area (Å²) in [6, 6.07) is 26.5. The zero-order valence-electron chi connectivity index (χ0n) is 18.2. The largest absolute Gasteiger partial charge is 0.493 e. The number of methoxy groups -OCH3 is 1. The summed E-state index contributed by atoms with van der Waals surface area (Å²) in [5, 5.41) is 13.3. The Hall–Kier alpha value is -4.50. The van der Waals surface area contributed by atoms with Gasteiger partial charge in [0.2, 0.25) is 0 Å². The number of hydrogen-bond donors (Lipinski definition) is 1. The first-order valence-electron chi connectivity index (χ1n) is 10.5. The first-order valence-corrected chi connectivity index (χ1v) is 10.5. The fourth-order valence-corrected chi connectivity index (χ4v) is 3.59. The third-order valence-corrected chi connectivity index (χ3v) is 5.17. The smallest absolute Gasteiger partial charge is 0.266 e. The number of aromatic nitrogens is 1. The number of carbonyl (C=O) groups is 1. The maximum absolute atomic E-state index is 12.6. The van der Waals surface area contributed by atoms with Gasteiger partial charge in [0.1, 0.15) is 18.2 Å². The summed E-state index contributed by atoms with van der Waals surface area (Å²) in [4.78, 5) is 12.6. The molecular weight excluding hydrogens is 414 g/mol. The van der Waals surface area contributed by atoms with E-state index in [4.69, 9.17) is 9.47 Å². The zero-order valence-corrected chi connectivity index (χ0v) is 18.2. The van der Waals surface area contributed by atoms with Crippen LogP contribution in [0.15, 0.2) is 90.6 Å². The van der Waals surface area contributed by atoms with Gasteiger partial charge in [-0.05, 0) is 36.4 Å². The zero-order chi connectivity index (χ0) is 23.0. The van der Waals surface area contributed by atoms with Gasteiger partial charge in [0, 0.05) is 28.4 Å². The van der Waals surface area contributed by atoms with E-state index in [-0.39, 0.29) is 5.57 Å². The number of hydrogen-bond acceptors (Lipinski definition) is 4. The van der Waals surface area contributed by atoms with Gasteiger partial charge in [-0.25, -0.2) is 0 Å². The molecule has 6 nitrogen and oxygen atoms in total. The lowest BCUT2D eigenvalue weighted by Gasteiger charge is -2.11. The lowest BCUT2D eigenvalue weighted by atomic mass is 10.1. The van der Waals surface area contributed by atoms with Crippen molar-refractivity contribution in [2.75, 3.05) is 19.0 Å². The van der Waals surface area contributed by atoms with Gasteiger partial charge in [-0.15, -0.1) is 0 Å². The second-order valence-corrected chi connectivity index (χ2v) is 7.28. The highest BCUT2D eigenvalue weighted by molar-refractivity contribution is 6.10. The van der Waals surface area contributed by atoms with E-state index in [2.05, 4.69) is 9.88 Å². The van der Waals surface area contributed by atoms with Crippen molar-refractivity contribution in [3.05, 3.63) is 96.2 Å². The molecular formula is C27H23N3O3. The summed E-state index contributed by atoms with van der Waals surface area (Å²) in [6.07, 6.45) is 3.56. The Bertz CT molecular complexity index is 1330. The number of benzene rings is 3. The Labute approximate surface area is 192 Å². The van der Waals surface area contributed by atoms with Gasteiger partial charge in [0.05, 0.1) is 13.7 Å². The molecule has 0 unspecified atom stereocenters. The molecule has 4 rings (SSSR count). The predicted molar refractivity (Wildman–Crippen MR) is 129 cm³/mol. The molecule has 1 aromatic heterocycles. The van der Waals surface area contributed by atoms with E-state index in [1.807, 2.05) is 79.0 Å². The molecule has 0 spiro atoms. The number of amides is 1. The Balaban J connectivity index is 1.56. The number of rotatable bonds is 8. The Morgan fingerprint density at radius 1 is 1.00 bits per heavy atom. The number of nitriles is 1. The van der Waals surface area contributed by atoms with E-state index in [1.165, 1.54) is 0 Å². The number of nitrogens with zero attached hydrogens (tertiary/aromatic N) is 2. The number of nitrogens with one attached hydrogen (secondary N) is 1. The third kappa shape index (κ3) is 5.05. The molecule has 0 fully saturated rings. The van der Waals surface area contributed by atoms with Crippen molar-refractivity contribution >= 4 is 28.6 Å². The molecule has 0 saturated heterocycles. The van der Waals surface area contributed by atoms with Gasteiger partial charge in [-0.1, -0.05) is 48.5 Å². The number of carbonyl (C=O) groups excluding carboxylic acids is 1. The number of para-hydroxylation sites is 4. The molecule has 0 aliphatic heterocycles. The van der Waals surface area contributed by atoms with Crippen molar-refractivity contribution in [2.24, 2.45) is 0 Å². The van der Waals surface area contributed by atoms with Crippen LogP contribution in [0.1, 0.15) is 5.56 Å². The van der Waals surface area contributed by atoms with Crippen LogP contribution in [0.2, 0.25) is 0 Å². The van der Waals surface area contributed by atoms with Crippen LogP contribution in [0.4, 0.5) is 5.69 Å². The van der Waals surface area contributed by atoms with E-state index in [1.54, 1.807) is 25.3 Å². The van der Waals surface area contributed by atoms with Crippen LogP contribution >= 0.6 is 0 Å². The molecule has 0 atom stereocenters. The molecule has 3 aromatic carbocycles. The Kier molecular flexibility index (Phi) is 6.72. The topological polar surface area (TPSA) is 76.3 Å². The summed E-state index contributed by atoms with van der Waals surface area (Å²) < 4.78 is 13.3. The lowest BCUT2D eigenvalue weighted by molar-refractivity contribution is -0.112. The van der Waals surface area contributed by atoms with Crippen molar-refractivity contribution in [3.8, 4) is 17.6 Å². The summed E-state index contributed by atoms with van der Waals surface area (Å²) in [5.41, 5.74) is 2.46. The van der Waals surface area contributed by atoms with Crippen molar-refractivity contribution < 1.29 is 14.3 Å². The first-order chi connectivity index (χ1) is 16.2.